The molecule has 146 valence electrons. The van der Waals surface area contributed by atoms with Gasteiger partial charge in [-0.05, 0) is 12.0 Å². The molecule has 0 spiro atoms. The van der Waals surface area contributed by atoms with Gasteiger partial charge in [0.25, 0.3) is 5.91 Å². The van der Waals surface area contributed by atoms with E-state index in [0.29, 0.717) is 19.4 Å². The van der Waals surface area contributed by atoms with Crippen LogP contribution in [0.5, 0.6) is 0 Å². The van der Waals surface area contributed by atoms with Crippen molar-refractivity contribution >= 4 is 23.6 Å². The van der Waals surface area contributed by atoms with Crippen LogP contribution in [0.1, 0.15) is 18.4 Å². The number of hydrogen-bond acceptors (Lipinski definition) is 4. The summed E-state index contributed by atoms with van der Waals surface area (Å²) < 4.78 is 0. The minimum atomic E-state index is -1.32. The average Bonchev–Trinajstić information content (AvgIpc) is 2.91. The van der Waals surface area contributed by atoms with Crippen molar-refractivity contribution in [1.29, 1.82) is 0 Å². The summed E-state index contributed by atoms with van der Waals surface area (Å²) in [6, 6.07) is 8.54. The van der Waals surface area contributed by atoms with Crippen molar-refractivity contribution < 1.29 is 19.5 Å². The molecule has 2 unspecified atom stereocenters. The van der Waals surface area contributed by atoms with Gasteiger partial charge in [-0.25, -0.2) is 9.80 Å². The molecule has 8 heteroatoms. The molecule has 0 bridgehead atoms. The standard InChI is InChI=1S/C20H22N4O4/c1-3-7-15(21-19(27)28)17(25)24-11-10-16-20(13-24,18(26)23(2)22-16)12-14-8-5-4-6-9-14/h1,4-6,8-9,15,21H,7,10-13H2,2H3,(H,27,28). The number of carbonyl (C=O) groups excluding carboxylic acids is 2. The van der Waals surface area contributed by atoms with E-state index >= 15 is 0 Å². The van der Waals surface area contributed by atoms with Gasteiger partial charge >= 0.3 is 6.09 Å². The first-order chi connectivity index (χ1) is 13.4. The molecular weight excluding hydrogens is 360 g/mol. The maximum atomic E-state index is 13.0. The Labute approximate surface area is 163 Å². The number of carbonyl (C=O) groups is 3. The van der Waals surface area contributed by atoms with Gasteiger partial charge in [-0.15, -0.1) is 12.3 Å². The zero-order chi connectivity index (χ0) is 20.3. The van der Waals surface area contributed by atoms with Crippen LogP contribution >= 0.6 is 0 Å². The van der Waals surface area contributed by atoms with Crippen molar-refractivity contribution in [3.63, 3.8) is 0 Å². The molecule has 8 nitrogen and oxygen atoms in total. The Bertz CT molecular complexity index is 861. The van der Waals surface area contributed by atoms with Gasteiger partial charge < -0.3 is 15.3 Å². The molecule has 3 amide bonds. The van der Waals surface area contributed by atoms with Gasteiger partial charge in [0.1, 0.15) is 11.5 Å². The first-order valence-electron chi connectivity index (χ1n) is 8.99. The SMILES string of the molecule is C#CCC(NC(=O)O)C(=O)N1CCC2=NN(C)C(=O)C2(Cc2ccccc2)C1. The summed E-state index contributed by atoms with van der Waals surface area (Å²) in [6.07, 6.45) is 4.79. The topological polar surface area (TPSA) is 102 Å². The third-order valence-corrected chi connectivity index (χ3v) is 5.18. The van der Waals surface area contributed by atoms with Crippen molar-refractivity contribution in [2.24, 2.45) is 10.5 Å². The monoisotopic (exact) mass is 382 g/mol. The predicted octanol–water partition coefficient (Wildman–Crippen LogP) is 0.935. The Hall–Kier alpha value is -3.34. The third-order valence-electron chi connectivity index (χ3n) is 5.18. The van der Waals surface area contributed by atoms with Crippen LogP contribution in [-0.4, -0.2) is 64.8 Å². The fourth-order valence-electron chi connectivity index (χ4n) is 3.90. The van der Waals surface area contributed by atoms with Crippen LogP contribution < -0.4 is 5.32 Å². The molecule has 3 rings (SSSR count). The molecule has 2 heterocycles. The minimum absolute atomic E-state index is 0.0535. The van der Waals surface area contributed by atoms with Crippen LogP contribution in [0.2, 0.25) is 0 Å². The number of benzene rings is 1. The Balaban J connectivity index is 1.89. The number of nitrogens with one attached hydrogen (secondary N) is 1. The molecule has 28 heavy (non-hydrogen) atoms. The van der Waals surface area contributed by atoms with Crippen molar-refractivity contribution in [3.8, 4) is 12.3 Å². The van der Waals surface area contributed by atoms with Crippen LogP contribution in [0, 0.1) is 17.8 Å². The van der Waals surface area contributed by atoms with Crippen LogP contribution in [0.4, 0.5) is 4.79 Å². The largest absolute Gasteiger partial charge is 0.465 e. The number of rotatable bonds is 5. The van der Waals surface area contributed by atoms with Crippen molar-refractivity contribution in [2.45, 2.75) is 25.3 Å². The van der Waals surface area contributed by atoms with Gasteiger partial charge in [0.2, 0.25) is 5.91 Å². The molecule has 1 aromatic carbocycles. The van der Waals surface area contributed by atoms with Crippen molar-refractivity contribution in [1.82, 2.24) is 15.2 Å². The number of nitrogens with zero attached hydrogens (tertiary/aromatic N) is 3. The smallest absolute Gasteiger partial charge is 0.405 e. The van der Waals surface area contributed by atoms with Gasteiger partial charge in [0.05, 0.1) is 5.71 Å². The van der Waals surface area contributed by atoms with Crippen LogP contribution in [-0.2, 0) is 16.0 Å². The maximum absolute atomic E-state index is 13.0. The molecule has 1 saturated heterocycles. The summed E-state index contributed by atoms with van der Waals surface area (Å²) in [7, 11) is 1.61. The lowest BCUT2D eigenvalue weighted by atomic mass is 9.73. The average molecular weight is 382 g/mol. The molecule has 2 aliphatic heterocycles. The summed E-state index contributed by atoms with van der Waals surface area (Å²) in [6.45, 7) is 0.503. The van der Waals surface area contributed by atoms with Gasteiger partial charge in [-0.3, -0.25) is 9.59 Å². The molecule has 2 N–H and O–H groups in total. The molecule has 1 fully saturated rings. The van der Waals surface area contributed by atoms with E-state index in [4.69, 9.17) is 11.5 Å². The van der Waals surface area contributed by atoms with Crippen LogP contribution in [0.3, 0.4) is 0 Å². The summed E-state index contributed by atoms with van der Waals surface area (Å²) in [5, 5.41) is 16.9. The first kappa shape index (κ1) is 19.4. The number of amides is 3. The fraction of sp³-hybridized carbons (Fsp3) is 0.400. The molecular formula is C20H22N4O4. The van der Waals surface area contributed by atoms with E-state index < -0.39 is 23.5 Å². The molecule has 2 atom stereocenters. The zero-order valence-corrected chi connectivity index (χ0v) is 15.6. The van der Waals surface area contributed by atoms with Gasteiger partial charge in [-0.2, -0.15) is 5.10 Å². The van der Waals surface area contributed by atoms with Crippen molar-refractivity contribution in [3.05, 3.63) is 35.9 Å². The lowest BCUT2D eigenvalue weighted by Gasteiger charge is -2.40. The number of hydrogen-bond donors (Lipinski definition) is 2. The highest BCUT2D eigenvalue weighted by Gasteiger charge is 2.53. The molecule has 0 aliphatic carbocycles. The lowest BCUT2D eigenvalue weighted by molar-refractivity contribution is -0.140. The molecule has 1 aromatic rings. The normalized spacial score (nSPS) is 22.1. The second-order valence-corrected chi connectivity index (χ2v) is 7.04. The Morgan fingerprint density at radius 1 is 1.39 bits per heavy atom. The summed E-state index contributed by atoms with van der Waals surface area (Å²) >= 11 is 0. The Kier molecular flexibility index (Phi) is 5.36. The number of carboxylic acid groups (broad SMARTS) is 1. The van der Waals surface area contributed by atoms with E-state index in [-0.39, 0.29) is 18.9 Å². The minimum Gasteiger partial charge on any atom is -0.465 e. The fourth-order valence-corrected chi connectivity index (χ4v) is 3.90. The van der Waals surface area contributed by atoms with E-state index in [1.165, 1.54) is 9.91 Å². The Morgan fingerprint density at radius 3 is 2.75 bits per heavy atom. The summed E-state index contributed by atoms with van der Waals surface area (Å²) in [5.41, 5.74) is 0.790. The number of likely N-dealkylation sites (tertiary alicyclic amines) is 1. The second-order valence-electron chi connectivity index (χ2n) is 7.04. The second kappa shape index (κ2) is 7.72. The quantitative estimate of drug-likeness (QED) is 0.740. The highest BCUT2D eigenvalue weighted by Crippen LogP contribution is 2.38. The zero-order valence-electron chi connectivity index (χ0n) is 15.6. The lowest BCUT2D eigenvalue weighted by Crippen LogP contribution is -2.58. The van der Waals surface area contributed by atoms with E-state index in [2.05, 4.69) is 16.3 Å². The summed E-state index contributed by atoms with van der Waals surface area (Å²) in [4.78, 5) is 38.5. The Morgan fingerprint density at radius 2 is 2.11 bits per heavy atom. The number of fused-ring (bicyclic) bond motifs is 1. The highest BCUT2D eigenvalue weighted by molar-refractivity contribution is 6.13. The maximum Gasteiger partial charge on any atom is 0.405 e. The number of piperidine rings is 1. The van der Waals surface area contributed by atoms with Crippen LogP contribution in [0.15, 0.2) is 35.4 Å². The third kappa shape index (κ3) is 3.56. The van der Waals surface area contributed by atoms with Gasteiger partial charge in [0, 0.05) is 33.0 Å². The van der Waals surface area contributed by atoms with E-state index in [0.717, 1.165) is 11.3 Å². The van der Waals surface area contributed by atoms with Crippen molar-refractivity contribution in [2.75, 3.05) is 20.1 Å². The van der Waals surface area contributed by atoms with Gasteiger partial charge in [0.15, 0.2) is 0 Å². The molecule has 0 saturated carbocycles. The first-order valence-corrected chi connectivity index (χ1v) is 8.99. The van der Waals surface area contributed by atoms with Crippen LogP contribution in [0.25, 0.3) is 0 Å². The van der Waals surface area contributed by atoms with E-state index in [1.54, 1.807) is 7.05 Å². The van der Waals surface area contributed by atoms with E-state index in [1.807, 2.05) is 30.3 Å². The molecule has 0 radical (unpaired) electrons. The number of terminal acetylenes is 1. The van der Waals surface area contributed by atoms with Gasteiger partial charge in [-0.1, -0.05) is 30.3 Å². The van der Waals surface area contributed by atoms with E-state index in [9.17, 15) is 14.4 Å². The highest BCUT2D eigenvalue weighted by atomic mass is 16.4. The number of hydrazone groups is 1. The summed E-state index contributed by atoms with van der Waals surface area (Å²) in [5.74, 6) is 1.75. The predicted molar refractivity (Wildman–Crippen MR) is 102 cm³/mol. The molecule has 2 aliphatic rings. The molecule has 0 aromatic heterocycles.